The molecule has 272 valence electrons. The number of carbonyl (C=O) groups excluding carboxylic acids is 2. The lowest BCUT2D eigenvalue weighted by molar-refractivity contribution is -0.161. The molecule has 0 aromatic heterocycles. The SMILES string of the molecule is CCCCC/C=C\C=C/[C@@H](O)C/C=C\C/C=C/CCCC(=O)OC[C@H](COP(=O)(O)O)OC(=O)CCCCCCCCCCCCC. The predicted octanol–water partition coefficient (Wildman–Crippen LogP) is 9.37. The molecule has 47 heavy (non-hydrogen) atoms. The number of allylic oxidation sites excluding steroid dienone is 6. The third kappa shape index (κ3) is 35.1. The highest BCUT2D eigenvalue weighted by Crippen LogP contribution is 2.35. The lowest BCUT2D eigenvalue weighted by Gasteiger charge is -2.18. The van der Waals surface area contributed by atoms with Crippen molar-refractivity contribution in [3.63, 3.8) is 0 Å². The first-order valence-electron chi connectivity index (χ1n) is 18.0. The zero-order valence-corrected chi connectivity index (χ0v) is 30.2. The van der Waals surface area contributed by atoms with E-state index < -0.39 is 38.6 Å². The van der Waals surface area contributed by atoms with E-state index in [0.29, 0.717) is 25.7 Å². The fourth-order valence-corrected chi connectivity index (χ4v) is 5.04. The van der Waals surface area contributed by atoms with E-state index in [2.05, 4.69) is 24.4 Å². The zero-order chi connectivity index (χ0) is 34.9. The highest BCUT2D eigenvalue weighted by atomic mass is 31.2. The molecule has 0 aromatic rings. The summed E-state index contributed by atoms with van der Waals surface area (Å²) in [6.45, 7) is 3.50. The van der Waals surface area contributed by atoms with Gasteiger partial charge in [0, 0.05) is 12.8 Å². The van der Waals surface area contributed by atoms with Gasteiger partial charge in [0.15, 0.2) is 6.10 Å². The van der Waals surface area contributed by atoms with Crippen LogP contribution in [0.4, 0.5) is 0 Å². The molecule has 0 radical (unpaired) electrons. The summed E-state index contributed by atoms with van der Waals surface area (Å²) in [6.07, 6.45) is 34.4. The van der Waals surface area contributed by atoms with E-state index in [9.17, 15) is 19.3 Å². The summed E-state index contributed by atoms with van der Waals surface area (Å²) in [5.41, 5.74) is 0. The van der Waals surface area contributed by atoms with E-state index in [1.165, 1.54) is 64.2 Å². The van der Waals surface area contributed by atoms with Crippen LogP contribution in [0.1, 0.15) is 149 Å². The van der Waals surface area contributed by atoms with Gasteiger partial charge in [-0.15, -0.1) is 0 Å². The summed E-state index contributed by atoms with van der Waals surface area (Å²) in [4.78, 5) is 42.6. The van der Waals surface area contributed by atoms with Gasteiger partial charge >= 0.3 is 19.8 Å². The average molecular weight is 685 g/mol. The van der Waals surface area contributed by atoms with Crippen LogP contribution in [0.25, 0.3) is 0 Å². The quantitative estimate of drug-likeness (QED) is 0.0208. The monoisotopic (exact) mass is 684 g/mol. The molecule has 0 saturated carbocycles. The second kappa shape index (κ2) is 32.5. The predicted molar refractivity (Wildman–Crippen MR) is 190 cm³/mol. The van der Waals surface area contributed by atoms with Crippen molar-refractivity contribution in [2.24, 2.45) is 0 Å². The number of hydrogen-bond donors (Lipinski definition) is 3. The fourth-order valence-electron chi connectivity index (χ4n) is 4.68. The van der Waals surface area contributed by atoms with Crippen LogP contribution in [-0.2, 0) is 28.2 Å². The Morgan fingerprint density at radius 3 is 1.89 bits per heavy atom. The second-order valence-corrected chi connectivity index (χ2v) is 13.3. The van der Waals surface area contributed by atoms with E-state index in [-0.39, 0.29) is 19.4 Å². The van der Waals surface area contributed by atoms with Crippen molar-refractivity contribution < 1.29 is 43.0 Å². The van der Waals surface area contributed by atoms with Crippen molar-refractivity contribution in [3.05, 3.63) is 48.6 Å². The number of phosphoric acid groups is 1. The summed E-state index contributed by atoms with van der Waals surface area (Å²) in [5, 5.41) is 10.00. The largest absolute Gasteiger partial charge is 0.469 e. The van der Waals surface area contributed by atoms with Crippen LogP contribution in [0.3, 0.4) is 0 Å². The molecule has 0 rings (SSSR count). The fraction of sp³-hybridized carbons (Fsp3) is 0.730. The highest BCUT2D eigenvalue weighted by Gasteiger charge is 2.22. The van der Waals surface area contributed by atoms with Gasteiger partial charge in [-0.3, -0.25) is 14.1 Å². The maximum atomic E-state index is 12.3. The van der Waals surface area contributed by atoms with Crippen molar-refractivity contribution >= 4 is 19.8 Å². The van der Waals surface area contributed by atoms with Crippen LogP contribution in [0, 0.1) is 0 Å². The first kappa shape index (κ1) is 45.0. The number of phosphoric ester groups is 1. The first-order chi connectivity index (χ1) is 22.7. The summed E-state index contributed by atoms with van der Waals surface area (Å²) < 4.78 is 26.2. The lowest BCUT2D eigenvalue weighted by atomic mass is 10.1. The number of rotatable bonds is 32. The van der Waals surface area contributed by atoms with Crippen LogP contribution in [-0.4, -0.2) is 52.3 Å². The summed E-state index contributed by atoms with van der Waals surface area (Å²) >= 11 is 0. The minimum absolute atomic E-state index is 0.157. The van der Waals surface area contributed by atoms with Gasteiger partial charge < -0.3 is 24.4 Å². The Hall–Kier alpha value is -2.03. The number of hydrogen-bond acceptors (Lipinski definition) is 7. The maximum Gasteiger partial charge on any atom is 0.469 e. The second-order valence-electron chi connectivity index (χ2n) is 12.0. The van der Waals surface area contributed by atoms with Crippen molar-refractivity contribution in [2.45, 2.75) is 161 Å². The van der Waals surface area contributed by atoms with E-state index >= 15 is 0 Å². The molecule has 10 heteroatoms. The Morgan fingerprint density at radius 1 is 0.660 bits per heavy atom. The van der Waals surface area contributed by atoms with E-state index in [4.69, 9.17) is 19.3 Å². The van der Waals surface area contributed by atoms with Gasteiger partial charge in [0.25, 0.3) is 0 Å². The molecule has 2 atom stereocenters. The Bertz CT molecular complexity index is 923. The zero-order valence-electron chi connectivity index (χ0n) is 29.3. The Labute approximate surface area is 285 Å². The topological polar surface area (TPSA) is 140 Å². The van der Waals surface area contributed by atoms with Crippen LogP contribution in [0.2, 0.25) is 0 Å². The first-order valence-corrected chi connectivity index (χ1v) is 19.6. The normalized spacial score (nSPS) is 13.7. The Kier molecular flexibility index (Phi) is 31.1. The molecule has 0 unspecified atom stereocenters. The van der Waals surface area contributed by atoms with Gasteiger partial charge in [-0.1, -0.05) is 140 Å². The number of esters is 2. The number of aliphatic hydroxyl groups is 1. The van der Waals surface area contributed by atoms with Crippen molar-refractivity contribution in [2.75, 3.05) is 13.2 Å². The third-order valence-electron chi connectivity index (χ3n) is 7.43. The lowest BCUT2D eigenvalue weighted by Crippen LogP contribution is -2.29. The third-order valence-corrected chi connectivity index (χ3v) is 7.92. The maximum absolute atomic E-state index is 12.3. The highest BCUT2D eigenvalue weighted by molar-refractivity contribution is 7.46. The van der Waals surface area contributed by atoms with Gasteiger partial charge in [0.05, 0.1) is 12.7 Å². The molecule has 0 saturated heterocycles. The molecule has 0 aliphatic rings. The molecule has 9 nitrogen and oxygen atoms in total. The number of aliphatic hydroxyl groups excluding tert-OH is 1. The molecule has 3 N–H and O–H groups in total. The van der Waals surface area contributed by atoms with Crippen molar-refractivity contribution in [1.29, 1.82) is 0 Å². The standard InChI is InChI=1S/C37H65O9P/c1-3-5-7-9-11-12-13-14-18-23-27-31-37(40)46-35(33-45-47(41,42)43)32-44-36(39)30-26-22-19-15-17-21-25-29-34(38)28-24-20-16-10-8-6-4-2/h15-16,19-21,24-25,28,34-35,38H,3-14,17-18,22-23,26-27,29-33H2,1-2H3,(H2,41,42,43)/b19-15+,20-16-,25-21-,28-24-/t34-,35-/m1/s1. The average Bonchev–Trinajstić information content (AvgIpc) is 3.03. The van der Waals surface area contributed by atoms with Crippen LogP contribution < -0.4 is 0 Å². The molecule has 0 bridgehead atoms. The molecule has 0 amide bonds. The molecule has 0 spiro atoms. The van der Waals surface area contributed by atoms with Gasteiger partial charge in [-0.05, 0) is 44.9 Å². The van der Waals surface area contributed by atoms with Crippen LogP contribution >= 0.6 is 7.82 Å². The Balaban J connectivity index is 4.16. The van der Waals surface area contributed by atoms with Gasteiger partial charge in [-0.2, -0.15) is 0 Å². The molecule has 0 heterocycles. The number of ether oxygens (including phenoxy) is 2. The van der Waals surface area contributed by atoms with E-state index in [0.717, 1.165) is 32.1 Å². The van der Waals surface area contributed by atoms with Crippen LogP contribution in [0.15, 0.2) is 48.6 Å². The Morgan fingerprint density at radius 2 is 1.23 bits per heavy atom. The molecule has 0 aliphatic heterocycles. The summed E-state index contributed by atoms with van der Waals surface area (Å²) in [7, 11) is -4.77. The van der Waals surface area contributed by atoms with Crippen molar-refractivity contribution in [1.82, 2.24) is 0 Å². The van der Waals surface area contributed by atoms with E-state index in [1.807, 2.05) is 36.5 Å². The number of carbonyl (C=O) groups is 2. The molecule has 0 fully saturated rings. The summed E-state index contributed by atoms with van der Waals surface area (Å²) in [5.74, 6) is -0.995. The molecule has 0 aliphatic carbocycles. The van der Waals surface area contributed by atoms with E-state index in [1.54, 1.807) is 6.08 Å². The number of unbranched alkanes of at least 4 members (excludes halogenated alkanes) is 14. The molecular weight excluding hydrogens is 619 g/mol. The summed E-state index contributed by atoms with van der Waals surface area (Å²) in [6, 6.07) is 0. The molecule has 0 aromatic carbocycles. The minimum Gasteiger partial charge on any atom is -0.462 e. The van der Waals surface area contributed by atoms with Gasteiger partial charge in [0.2, 0.25) is 0 Å². The minimum atomic E-state index is -4.77. The van der Waals surface area contributed by atoms with Crippen molar-refractivity contribution in [3.8, 4) is 0 Å². The van der Waals surface area contributed by atoms with Crippen LogP contribution in [0.5, 0.6) is 0 Å². The van der Waals surface area contributed by atoms with Gasteiger partial charge in [0.1, 0.15) is 6.61 Å². The smallest absolute Gasteiger partial charge is 0.462 e. The van der Waals surface area contributed by atoms with Gasteiger partial charge in [-0.25, -0.2) is 4.57 Å². The molecular formula is C37H65O9P.